The third kappa shape index (κ3) is 7.43. The molecular weight excluding hydrogens is 804 g/mol. The monoisotopic (exact) mass is 848 g/mol. The summed E-state index contributed by atoms with van der Waals surface area (Å²) in [6.07, 6.45) is -18.0. The number of ether oxygens (including phenoxy) is 12. The van der Waals surface area contributed by atoms with Crippen molar-refractivity contribution in [1.29, 1.82) is 0 Å². The second-order valence-electron chi connectivity index (χ2n) is 14.8. The minimum Gasteiger partial charge on any atom is -0.493 e. The Hall–Kier alpha value is -4.62. The summed E-state index contributed by atoms with van der Waals surface area (Å²) >= 11 is 0. The molecule has 3 aromatic carbocycles. The summed E-state index contributed by atoms with van der Waals surface area (Å²) < 4.78 is 68.2. The molecule has 0 amide bonds. The average Bonchev–Trinajstić information content (AvgIpc) is 3.95. The van der Waals surface area contributed by atoms with Crippen molar-refractivity contribution in [1.82, 2.24) is 0 Å². The minimum atomic E-state index is -2.16. The zero-order chi connectivity index (χ0) is 42.6. The van der Waals surface area contributed by atoms with Crippen LogP contribution in [0.1, 0.15) is 22.8 Å². The summed E-state index contributed by atoms with van der Waals surface area (Å²) in [7, 11) is 2.89. The van der Waals surface area contributed by atoms with Crippen molar-refractivity contribution >= 4 is 22.7 Å². The second kappa shape index (κ2) is 16.7. The molecule has 7 N–H and O–H groups in total. The maximum Gasteiger partial charge on any atom is 0.339 e. The molecule has 21 nitrogen and oxygen atoms in total. The lowest BCUT2D eigenvalue weighted by atomic mass is 9.89. The molecule has 21 heteroatoms. The summed E-state index contributed by atoms with van der Waals surface area (Å²) in [5.41, 5.74) is -0.642. The van der Waals surface area contributed by atoms with Gasteiger partial charge in [0.1, 0.15) is 55.1 Å². The molecule has 0 bridgehead atoms. The van der Waals surface area contributed by atoms with Crippen molar-refractivity contribution < 1.29 is 102 Å². The van der Waals surface area contributed by atoms with Crippen molar-refractivity contribution in [3.8, 4) is 39.9 Å². The predicted octanol–water partition coefficient (Wildman–Crippen LogP) is -1.40. The van der Waals surface area contributed by atoms with Gasteiger partial charge in [0, 0.05) is 23.4 Å². The molecule has 3 saturated heterocycles. The molecule has 12 unspecified atom stereocenters. The Morgan fingerprint density at radius 1 is 0.850 bits per heavy atom. The van der Waals surface area contributed by atoms with Gasteiger partial charge in [0.15, 0.2) is 47.3 Å². The summed E-state index contributed by atoms with van der Waals surface area (Å²) in [6, 6.07) is 8.51. The summed E-state index contributed by atoms with van der Waals surface area (Å²) in [4.78, 5) is 26.1. The molecule has 5 aliphatic heterocycles. The zero-order valence-corrected chi connectivity index (χ0v) is 32.3. The number of carbonyl (C=O) groups is 2. The van der Waals surface area contributed by atoms with Crippen LogP contribution in [0.25, 0.3) is 21.9 Å². The van der Waals surface area contributed by atoms with E-state index in [1.54, 1.807) is 30.3 Å². The largest absolute Gasteiger partial charge is 0.493 e. The van der Waals surface area contributed by atoms with Gasteiger partial charge < -0.3 is 92.6 Å². The molecule has 5 aliphatic rings. The highest BCUT2D eigenvalue weighted by Crippen LogP contribution is 2.50. The van der Waals surface area contributed by atoms with Gasteiger partial charge in [0.25, 0.3) is 0 Å². The smallest absolute Gasteiger partial charge is 0.339 e. The highest BCUT2D eigenvalue weighted by molar-refractivity contribution is 6.14. The average molecular weight is 849 g/mol. The van der Waals surface area contributed by atoms with E-state index in [-0.39, 0.29) is 24.7 Å². The normalized spacial score (nSPS) is 33.4. The number of esters is 2. The van der Waals surface area contributed by atoms with Crippen LogP contribution in [-0.2, 0) is 44.6 Å². The Morgan fingerprint density at radius 3 is 2.30 bits per heavy atom. The molecular formula is C39H44O21. The van der Waals surface area contributed by atoms with Crippen molar-refractivity contribution in [2.45, 2.75) is 86.8 Å². The zero-order valence-electron chi connectivity index (χ0n) is 32.3. The Labute approximate surface area is 340 Å². The van der Waals surface area contributed by atoms with E-state index in [1.165, 1.54) is 14.2 Å². The van der Waals surface area contributed by atoms with E-state index in [4.69, 9.17) is 56.8 Å². The molecule has 326 valence electrons. The maximum absolute atomic E-state index is 13.6. The van der Waals surface area contributed by atoms with Crippen LogP contribution in [-0.4, -0.2) is 168 Å². The maximum atomic E-state index is 13.6. The minimum absolute atomic E-state index is 0.0254. The summed E-state index contributed by atoms with van der Waals surface area (Å²) in [5.74, 6) is 0.208. The molecule has 0 saturated carbocycles. The number of hydrogen-bond acceptors (Lipinski definition) is 21. The van der Waals surface area contributed by atoms with Gasteiger partial charge in [0.05, 0.1) is 46.2 Å². The molecule has 0 spiro atoms. The van der Waals surface area contributed by atoms with Gasteiger partial charge in [-0.3, -0.25) is 4.79 Å². The first kappa shape index (κ1) is 42.1. The Bertz CT molecular complexity index is 2110. The number of cyclic esters (lactones) is 1. The Balaban J connectivity index is 1.08. The molecule has 3 fully saturated rings. The quantitative estimate of drug-likeness (QED) is 0.103. The number of fused-ring (bicyclic) bond motifs is 3. The number of aliphatic hydroxyl groups excluding tert-OH is 6. The third-order valence-corrected chi connectivity index (χ3v) is 10.9. The number of rotatable bonds is 12. The predicted molar refractivity (Wildman–Crippen MR) is 195 cm³/mol. The Morgan fingerprint density at radius 2 is 1.58 bits per heavy atom. The topological polar surface area (TPSA) is 287 Å². The number of methoxy groups -OCH3 is 2. The summed E-state index contributed by atoms with van der Waals surface area (Å²) in [6.45, 7) is -1.59. The van der Waals surface area contributed by atoms with E-state index in [9.17, 15) is 45.3 Å². The second-order valence-corrected chi connectivity index (χ2v) is 14.8. The van der Waals surface area contributed by atoms with E-state index < -0.39 is 112 Å². The van der Waals surface area contributed by atoms with Gasteiger partial charge in [-0.2, -0.15) is 0 Å². The standard InChI is InChI=1S/C39H44O21/c1-15(41)57-34-38(54-13-39(34,48)12-53-36-31(46)33(20(42)11-52-36)60-37-30(45)29(44)28(43)25(9-40)58-37)59-32-18-8-23(50-3)22(49-2)7-17(18)26(27-19(32)10-51-35(27)47)16-4-5-21-24(6-16)56-14-55-21/h4-8,20,25,28-31,33-34,36-38,40,42-46,48H,9-14H2,1-3H3. The van der Waals surface area contributed by atoms with Gasteiger partial charge in [-0.05, 0) is 35.2 Å². The lowest BCUT2D eigenvalue weighted by molar-refractivity contribution is -0.351. The van der Waals surface area contributed by atoms with Crippen LogP contribution in [0.4, 0.5) is 0 Å². The number of hydrogen-bond donors (Lipinski definition) is 7. The van der Waals surface area contributed by atoms with Crippen LogP contribution in [0.3, 0.4) is 0 Å². The van der Waals surface area contributed by atoms with Crippen LogP contribution in [0, 0.1) is 0 Å². The highest BCUT2D eigenvalue weighted by atomic mass is 16.7. The van der Waals surface area contributed by atoms with Crippen LogP contribution in [0.2, 0.25) is 0 Å². The highest BCUT2D eigenvalue weighted by Gasteiger charge is 2.55. The number of aliphatic hydroxyl groups is 7. The van der Waals surface area contributed by atoms with Crippen molar-refractivity contribution in [2.75, 3.05) is 47.4 Å². The molecule has 0 aromatic heterocycles. The van der Waals surface area contributed by atoms with E-state index in [2.05, 4.69) is 0 Å². The van der Waals surface area contributed by atoms with Gasteiger partial charge in [0.2, 0.25) is 13.1 Å². The fourth-order valence-corrected chi connectivity index (χ4v) is 7.87. The van der Waals surface area contributed by atoms with Crippen molar-refractivity contribution in [2.24, 2.45) is 0 Å². The lowest BCUT2D eigenvalue weighted by Crippen LogP contribution is -2.63. The van der Waals surface area contributed by atoms with E-state index in [0.717, 1.165) is 6.92 Å². The van der Waals surface area contributed by atoms with Crippen LogP contribution < -0.4 is 23.7 Å². The van der Waals surface area contributed by atoms with E-state index in [0.29, 0.717) is 50.5 Å². The SMILES string of the molecule is COc1cc2c(OC3OCC(O)(COC4OCC(O)C(OC5OC(CO)C(O)C(O)C5O)C4O)C3OC(C)=O)c3c(c(-c4ccc5c(c4)OCO5)c2cc1OC)C(=O)OC3. The third-order valence-electron chi connectivity index (χ3n) is 10.9. The van der Waals surface area contributed by atoms with Crippen LogP contribution in [0.5, 0.6) is 28.7 Å². The fourth-order valence-electron chi connectivity index (χ4n) is 7.87. The van der Waals surface area contributed by atoms with E-state index in [1.807, 2.05) is 0 Å². The van der Waals surface area contributed by atoms with Crippen molar-refractivity contribution in [3.63, 3.8) is 0 Å². The van der Waals surface area contributed by atoms with Crippen LogP contribution >= 0.6 is 0 Å². The first-order valence-corrected chi connectivity index (χ1v) is 18.8. The summed E-state index contributed by atoms with van der Waals surface area (Å²) in [5, 5.41) is 75.0. The molecule has 0 radical (unpaired) electrons. The van der Waals surface area contributed by atoms with Gasteiger partial charge in [-0.15, -0.1) is 0 Å². The molecule has 60 heavy (non-hydrogen) atoms. The Kier molecular flexibility index (Phi) is 11.7. The van der Waals surface area contributed by atoms with Gasteiger partial charge in [-0.25, -0.2) is 4.79 Å². The fraction of sp³-hybridized carbons (Fsp3) is 0.538. The van der Waals surface area contributed by atoms with E-state index >= 15 is 0 Å². The lowest BCUT2D eigenvalue weighted by Gasteiger charge is -2.44. The number of benzene rings is 3. The van der Waals surface area contributed by atoms with Crippen molar-refractivity contribution in [3.05, 3.63) is 41.5 Å². The first-order valence-electron chi connectivity index (χ1n) is 18.8. The molecule has 5 heterocycles. The van der Waals surface area contributed by atoms with Gasteiger partial charge in [-0.1, -0.05) is 6.07 Å². The molecule has 0 aliphatic carbocycles. The van der Waals surface area contributed by atoms with Crippen LogP contribution in [0.15, 0.2) is 30.3 Å². The molecule has 8 rings (SSSR count). The molecule has 12 atom stereocenters. The number of carbonyl (C=O) groups excluding carboxylic acids is 2. The first-order chi connectivity index (χ1) is 28.8. The van der Waals surface area contributed by atoms with Gasteiger partial charge >= 0.3 is 11.9 Å². The molecule has 3 aromatic rings.